The third-order valence-corrected chi connectivity index (χ3v) is 10.5. The standard InChI is InChI=1S/4C12H22O7/c4*1-5(2)17-9-7(13)8(14)12(18-6(3)4)19-10(9)11(15)16/h4*5-10,12-14H,1-4H3,(H,15,16)/t2*7-,8?,9+,10?,12-;7-,8+,9+,10+,12-;7-,8+,9+,10-,12-/m1111/s1. The lowest BCUT2D eigenvalue weighted by molar-refractivity contribution is -0.310. The molecule has 0 amide bonds. The molecule has 448 valence electrons. The minimum absolute atomic E-state index is 0.274. The molecular formula is C48H88O28. The van der Waals surface area contributed by atoms with Crippen molar-refractivity contribution in [3.63, 3.8) is 0 Å². The van der Waals surface area contributed by atoms with Gasteiger partial charge in [-0.05, 0) is 111 Å². The number of hydrogen-bond acceptors (Lipinski definition) is 24. The highest BCUT2D eigenvalue weighted by Crippen LogP contribution is 2.30. The Hall–Kier alpha value is -2.92. The Kier molecular flexibility index (Phi) is 30.9. The van der Waals surface area contributed by atoms with E-state index in [0.717, 1.165) is 0 Å². The van der Waals surface area contributed by atoms with Gasteiger partial charge in [0.05, 0.1) is 48.8 Å². The van der Waals surface area contributed by atoms with Gasteiger partial charge in [-0.25, -0.2) is 19.2 Å². The third kappa shape index (κ3) is 22.3. The summed E-state index contributed by atoms with van der Waals surface area (Å²) >= 11 is 0. The number of carboxylic acids is 4. The smallest absolute Gasteiger partial charge is 0.335 e. The van der Waals surface area contributed by atoms with Crippen LogP contribution < -0.4 is 0 Å². The van der Waals surface area contributed by atoms with Crippen molar-refractivity contribution >= 4 is 23.9 Å². The molecule has 0 spiro atoms. The molecule has 28 heteroatoms. The first-order valence-electron chi connectivity index (χ1n) is 25.2. The fraction of sp³-hybridized carbons (Fsp3) is 0.917. The van der Waals surface area contributed by atoms with E-state index in [1.165, 1.54) is 0 Å². The fourth-order valence-electron chi connectivity index (χ4n) is 7.53. The second kappa shape index (κ2) is 33.0. The van der Waals surface area contributed by atoms with E-state index in [1.807, 2.05) is 0 Å². The predicted octanol–water partition coefficient (Wildman–Crippen LogP) is -1.05. The molecule has 4 unspecified atom stereocenters. The van der Waals surface area contributed by atoms with E-state index in [2.05, 4.69) is 0 Å². The van der Waals surface area contributed by atoms with Crippen molar-refractivity contribution in [3.05, 3.63) is 0 Å². The molecule has 28 nitrogen and oxygen atoms in total. The minimum atomic E-state index is -1.39. The number of rotatable bonds is 20. The van der Waals surface area contributed by atoms with Gasteiger partial charge in [0.15, 0.2) is 49.6 Å². The number of aliphatic carboxylic acids is 4. The van der Waals surface area contributed by atoms with Crippen LogP contribution in [-0.2, 0) is 76.0 Å². The highest BCUT2D eigenvalue weighted by Gasteiger charge is 2.53. The molecule has 4 aliphatic heterocycles. The first-order chi connectivity index (χ1) is 34.9. The van der Waals surface area contributed by atoms with Crippen LogP contribution in [0.1, 0.15) is 111 Å². The van der Waals surface area contributed by atoms with Crippen LogP contribution in [0.3, 0.4) is 0 Å². The van der Waals surface area contributed by atoms with Gasteiger partial charge in [0.2, 0.25) is 0 Å². The quantitative estimate of drug-likeness (QED) is 0.0692. The fourth-order valence-corrected chi connectivity index (χ4v) is 7.53. The second-order valence-corrected chi connectivity index (χ2v) is 20.3. The molecule has 4 fully saturated rings. The zero-order chi connectivity index (χ0) is 59.0. The SMILES string of the molecule is CC(C)O[C@@H]1OC(C(=O)O)[C@@H](OC(C)C)[C@H](O)C1O.CC(C)O[C@@H]1OC(C(=O)O)[C@@H](OC(C)C)[C@H](O)C1O.CC(C)O[C@@H]1O[C@@H](C(=O)O)[C@@H](OC(C)C)[C@H](O)[C@@H]1O.CC(C)O[C@@H]1O[C@H](C(=O)O)[C@@H](OC(C)C)[C@H](O)[C@@H]1O. The number of aliphatic hydroxyl groups excluding tert-OH is 8. The molecule has 4 rings (SSSR count). The van der Waals surface area contributed by atoms with Crippen LogP contribution in [0.25, 0.3) is 0 Å². The molecule has 0 aliphatic carbocycles. The lowest BCUT2D eigenvalue weighted by Gasteiger charge is -2.41. The van der Waals surface area contributed by atoms with Gasteiger partial charge < -0.3 is 118 Å². The molecule has 0 radical (unpaired) electrons. The molecule has 12 N–H and O–H groups in total. The van der Waals surface area contributed by atoms with E-state index >= 15 is 0 Å². The Morgan fingerprint density at radius 2 is 0.395 bits per heavy atom. The number of ether oxygens (including phenoxy) is 12. The highest BCUT2D eigenvalue weighted by molar-refractivity contribution is 5.74. The van der Waals surface area contributed by atoms with Gasteiger partial charge in [0.25, 0.3) is 0 Å². The predicted molar refractivity (Wildman–Crippen MR) is 258 cm³/mol. The summed E-state index contributed by atoms with van der Waals surface area (Å²) in [4.78, 5) is 44.7. The summed E-state index contributed by atoms with van der Waals surface area (Å²) in [6, 6.07) is 0. The number of carboxylic acid groups (broad SMARTS) is 4. The maximum absolute atomic E-state index is 11.2. The Bertz CT molecular complexity index is 1460. The van der Waals surface area contributed by atoms with Crippen molar-refractivity contribution < 1.29 is 137 Å². The van der Waals surface area contributed by atoms with Crippen molar-refractivity contribution in [2.24, 2.45) is 0 Å². The summed E-state index contributed by atoms with van der Waals surface area (Å²) in [5.74, 6) is -5.08. The molecule has 0 aromatic carbocycles. The van der Waals surface area contributed by atoms with Gasteiger partial charge in [0.1, 0.15) is 73.2 Å². The first kappa shape index (κ1) is 71.1. The van der Waals surface area contributed by atoms with Crippen LogP contribution in [-0.4, -0.2) is 257 Å². The van der Waals surface area contributed by atoms with Crippen molar-refractivity contribution in [2.75, 3.05) is 0 Å². The molecular weight excluding hydrogens is 1020 g/mol. The monoisotopic (exact) mass is 1110 g/mol. The van der Waals surface area contributed by atoms with Gasteiger partial charge in [0, 0.05) is 0 Å². The van der Waals surface area contributed by atoms with E-state index < -0.39 is 147 Å². The Morgan fingerprint density at radius 1 is 0.263 bits per heavy atom. The average Bonchev–Trinajstić information content (AvgIpc) is 3.27. The molecule has 4 aliphatic rings. The summed E-state index contributed by atoms with van der Waals surface area (Å²) in [7, 11) is 0. The van der Waals surface area contributed by atoms with Gasteiger partial charge in [-0.1, -0.05) is 0 Å². The van der Waals surface area contributed by atoms with E-state index in [-0.39, 0.29) is 48.8 Å². The van der Waals surface area contributed by atoms with E-state index in [0.29, 0.717) is 0 Å². The topological polar surface area (TPSA) is 422 Å². The van der Waals surface area contributed by atoms with E-state index in [1.54, 1.807) is 111 Å². The van der Waals surface area contributed by atoms with Crippen LogP contribution in [0.2, 0.25) is 0 Å². The zero-order valence-corrected chi connectivity index (χ0v) is 46.1. The highest BCUT2D eigenvalue weighted by atomic mass is 16.7. The number of carbonyl (C=O) groups is 4. The largest absolute Gasteiger partial charge is 0.479 e. The van der Waals surface area contributed by atoms with Crippen LogP contribution in [0.15, 0.2) is 0 Å². The molecule has 0 saturated carbocycles. The van der Waals surface area contributed by atoms with Crippen LogP contribution in [0, 0.1) is 0 Å². The van der Waals surface area contributed by atoms with Crippen molar-refractivity contribution in [1.82, 2.24) is 0 Å². The van der Waals surface area contributed by atoms with Crippen LogP contribution >= 0.6 is 0 Å². The summed E-state index contributed by atoms with van der Waals surface area (Å²) in [5, 5.41) is 116. The van der Waals surface area contributed by atoms with Crippen LogP contribution in [0.5, 0.6) is 0 Å². The van der Waals surface area contributed by atoms with Gasteiger partial charge in [-0.3, -0.25) is 0 Å². The summed E-state index contributed by atoms with van der Waals surface area (Å²) in [6.45, 7) is 27.4. The van der Waals surface area contributed by atoms with Crippen molar-refractivity contribution in [1.29, 1.82) is 0 Å². The molecule has 0 aromatic heterocycles. The molecule has 76 heavy (non-hydrogen) atoms. The van der Waals surface area contributed by atoms with E-state index in [9.17, 15) is 60.0 Å². The number of aliphatic hydroxyl groups is 8. The Balaban J connectivity index is 0.000000507. The normalized spacial score (nSPS) is 35.9. The molecule has 4 saturated heterocycles. The minimum Gasteiger partial charge on any atom is -0.479 e. The summed E-state index contributed by atoms with van der Waals surface area (Å²) in [6.07, 6.45) is -28.2. The maximum Gasteiger partial charge on any atom is 0.335 e. The lowest BCUT2D eigenvalue weighted by atomic mass is 9.98. The first-order valence-corrected chi connectivity index (χ1v) is 25.2. The Labute approximate surface area is 442 Å². The third-order valence-electron chi connectivity index (χ3n) is 10.5. The molecule has 0 bridgehead atoms. The molecule has 4 heterocycles. The van der Waals surface area contributed by atoms with Crippen LogP contribution in [0.4, 0.5) is 0 Å². The zero-order valence-electron chi connectivity index (χ0n) is 46.1. The van der Waals surface area contributed by atoms with Crippen molar-refractivity contribution in [2.45, 2.75) is 282 Å². The lowest BCUT2D eigenvalue weighted by Crippen LogP contribution is -2.61. The number of hydrogen-bond donors (Lipinski definition) is 12. The second-order valence-electron chi connectivity index (χ2n) is 20.3. The average molecular weight is 1110 g/mol. The maximum atomic E-state index is 11.2. The summed E-state index contributed by atoms with van der Waals surface area (Å²) < 4.78 is 63.1. The van der Waals surface area contributed by atoms with Crippen molar-refractivity contribution in [3.8, 4) is 0 Å². The van der Waals surface area contributed by atoms with E-state index in [4.69, 9.17) is 77.3 Å². The Morgan fingerprint density at radius 3 is 0.500 bits per heavy atom. The van der Waals surface area contributed by atoms with Gasteiger partial charge in [-0.2, -0.15) is 0 Å². The molecule has 0 aromatic rings. The van der Waals surface area contributed by atoms with Gasteiger partial charge >= 0.3 is 23.9 Å². The van der Waals surface area contributed by atoms with Gasteiger partial charge in [-0.15, -0.1) is 0 Å². The molecule has 20 atom stereocenters. The summed E-state index contributed by atoms with van der Waals surface area (Å²) in [5.41, 5.74) is 0.